The molecule has 24 heavy (non-hydrogen) atoms. The van der Waals surface area contributed by atoms with Crippen LogP contribution in [0.25, 0.3) is 0 Å². The minimum absolute atomic E-state index is 0.00625. The van der Waals surface area contributed by atoms with Crippen LogP contribution in [0.1, 0.15) is 24.4 Å². The van der Waals surface area contributed by atoms with Gasteiger partial charge in [0.05, 0.1) is 7.11 Å². The molecule has 0 spiro atoms. The Morgan fingerprint density at radius 2 is 2.00 bits per heavy atom. The first-order valence-corrected chi connectivity index (χ1v) is 7.97. The summed E-state index contributed by atoms with van der Waals surface area (Å²) in [6.45, 7) is 3.04. The largest absolute Gasteiger partial charge is 0.493 e. The van der Waals surface area contributed by atoms with E-state index < -0.39 is 12.6 Å². The molecule has 0 radical (unpaired) electrons. The van der Waals surface area contributed by atoms with E-state index in [9.17, 15) is 13.2 Å². The summed E-state index contributed by atoms with van der Waals surface area (Å²) in [5.74, 6) is 1.53. The van der Waals surface area contributed by atoms with E-state index in [0.29, 0.717) is 30.3 Å². The van der Waals surface area contributed by atoms with E-state index in [1.807, 2.05) is 0 Å². The van der Waals surface area contributed by atoms with Gasteiger partial charge in [-0.05, 0) is 24.1 Å². The number of rotatable bonds is 5. The van der Waals surface area contributed by atoms with Crippen LogP contribution in [0.3, 0.4) is 0 Å². The zero-order valence-corrected chi connectivity index (χ0v) is 13.5. The zero-order valence-electron chi connectivity index (χ0n) is 13.5. The fraction of sp³-hybridized carbons (Fsp3) is 0.625. The molecular weight excluding hydrogens is 325 g/mol. The second kappa shape index (κ2) is 7.06. The van der Waals surface area contributed by atoms with Gasteiger partial charge >= 0.3 is 6.18 Å². The summed E-state index contributed by atoms with van der Waals surface area (Å²) in [6, 6.07) is 3.20. The van der Waals surface area contributed by atoms with Gasteiger partial charge < -0.3 is 19.5 Å². The molecule has 0 aliphatic carbocycles. The Kier molecular flexibility index (Phi) is 5.05. The van der Waals surface area contributed by atoms with Gasteiger partial charge in [0.1, 0.15) is 0 Å². The highest BCUT2D eigenvalue weighted by atomic mass is 19.4. The van der Waals surface area contributed by atoms with Gasteiger partial charge in [0.15, 0.2) is 11.5 Å². The summed E-state index contributed by atoms with van der Waals surface area (Å²) >= 11 is 0. The van der Waals surface area contributed by atoms with Crippen LogP contribution >= 0.6 is 0 Å². The first-order valence-electron chi connectivity index (χ1n) is 7.97. The van der Waals surface area contributed by atoms with Gasteiger partial charge in [0.2, 0.25) is 12.5 Å². The van der Waals surface area contributed by atoms with Crippen molar-refractivity contribution in [3.8, 4) is 17.2 Å². The van der Waals surface area contributed by atoms with E-state index in [1.54, 1.807) is 12.1 Å². The zero-order chi connectivity index (χ0) is 17.2. The number of nitrogens with zero attached hydrogens (tertiary/aromatic N) is 1. The van der Waals surface area contributed by atoms with E-state index in [-0.39, 0.29) is 19.3 Å². The minimum Gasteiger partial charge on any atom is -0.493 e. The lowest BCUT2D eigenvalue weighted by Crippen LogP contribution is -2.45. The van der Waals surface area contributed by atoms with Gasteiger partial charge in [-0.25, -0.2) is 0 Å². The fourth-order valence-corrected chi connectivity index (χ4v) is 3.20. The normalized spacial score (nSPS) is 19.3. The van der Waals surface area contributed by atoms with Crippen LogP contribution in [0.15, 0.2) is 12.1 Å². The smallest absolute Gasteiger partial charge is 0.389 e. The van der Waals surface area contributed by atoms with Gasteiger partial charge in [-0.3, -0.25) is 4.90 Å². The highest BCUT2D eigenvalue weighted by molar-refractivity contribution is 5.55. The molecule has 0 aromatic heterocycles. The van der Waals surface area contributed by atoms with E-state index >= 15 is 0 Å². The van der Waals surface area contributed by atoms with Gasteiger partial charge in [-0.1, -0.05) is 0 Å². The molecule has 3 rings (SSSR count). The van der Waals surface area contributed by atoms with Crippen molar-refractivity contribution in [2.75, 3.05) is 40.1 Å². The molecule has 1 aromatic rings. The number of ether oxygens (including phenoxy) is 3. The van der Waals surface area contributed by atoms with Gasteiger partial charge in [-0.15, -0.1) is 0 Å². The maximum atomic E-state index is 12.8. The molecule has 0 amide bonds. The molecule has 5 nitrogen and oxygen atoms in total. The molecule has 1 atom stereocenters. The standard InChI is InChI=1S/C16H21F3N2O3/c1-22-13-8-11(9-14-15(13)24-10-23-14)12(2-3-16(17,18)19)21-6-4-20-5-7-21/h8-9,12,20H,2-7,10H2,1H3/t12-/m1/s1. The lowest BCUT2D eigenvalue weighted by atomic mass is 9.98. The Morgan fingerprint density at radius 3 is 2.67 bits per heavy atom. The average molecular weight is 346 g/mol. The van der Waals surface area contributed by atoms with E-state index in [0.717, 1.165) is 18.7 Å². The molecule has 1 fully saturated rings. The summed E-state index contributed by atoms with van der Waals surface area (Å²) in [5, 5.41) is 3.22. The Morgan fingerprint density at radius 1 is 1.25 bits per heavy atom. The average Bonchev–Trinajstić information content (AvgIpc) is 3.03. The van der Waals surface area contributed by atoms with Crippen LogP contribution in [0.2, 0.25) is 0 Å². The molecule has 1 aromatic carbocycles. The molecule has 2 aliphatic rings. The number of fused-ring (bicyclic) bond motifs is 1. The Hall–Kier alpha value is -1.67. The molecule has 0 bridgehead atoms. The molecule has 0 unspecified atom stereocenters. The second-order valence-corrected chi connectivity index (χ2v) is 5.91. The number of nitrogens with one attached hydrogen (secondary N) is 1. The third-order valence-corrected chi connectivity index (χ3v) is 4.36. The molecule has 1 N–H and O–H groups in total. The Balaban J connectivity index is 1.89. The first-order chi connectivity index (χ1) is 11.5. The fourth-order valence-electron chi connectivity index (χ4n) is 3.20. The lowest BCUT2D eigenvalue weighted by Gasteiger charge is -2.35. The highest BCUT2D eigenvalue weighted by Gasteiger charge is 2.32. The SMILES string of the molecule is COc1cc([C@@H](CCC(F)(F)F)N2CCNCC2)cc2c1OCO2. The molecular formula is C16H21F3N2O3. The van der Waals surface area contributed by atoms with Crippen molar-refractivity contribution in [3.05, 3.63) is 17.7 Å². The topological polar surface area (TPSA) is 43.0 Å². The molecule has 8 heteroatoms. The first kappa shape index (κ1) is 17.2. The summed E-state index contributed by atoms with van der Waals surface area (Å²) in [6.07, 6.45) is -4.99. The van der Waals surface area contributed by atoms with E-state index in [4.69, 9.17) is 14.2 Å². The van der Waals surface area contributed by atoms with Gasteiger partial charge in [-0.2, -0.15) is 13.2 Å². The number of methoxy groups -OCH3 is 1. The molecule has 2 heterocycles. The van der Waals surface area contributed by atoms with Crippen molar-refractivity contribution in [1.29, 1.82) is 0 Å². The maximum absolute atomic E-state index is 12.8. The molecule has 134 valence electrons. The van der Waals surface area contributed by atoms with Gasteiger partial charge in [0.25, 0.3) is 0 Å². The summed E-state index contributed by atoms with van der Waals surface area (Å²) < 4.78 is 54.4. The van der Waals surface area contributed by atoms with Crippen LogP contribution in [0.4, 0.5) is 13.2 Å². The second-order valence-electron chi connectivity index (χ2n) is 5.91. The van der Waals surface area contributed by atoms with E-state index in [2.05, 4.69) is 10.2 Å². The monoisotopic (exact) mass is 346 g/mol. The number of benzene rings is 1. The maximum Gasteiger partial charge on any atom is 0.389 e. The summed E-state index contributed by atoms with van der Waals surface area (Å²) in [4.78, 5) is 2.08. The minimum atomic E-state index is -4.17. The molecule has 2 aliphatic heterocycles. The van der Waals surface area contributed by atoms with Crippen molar-refractivity contribution in [1.82, 2.24) is 10.2 Å². The van der Waals surface area contributed by atoms with Gasteiger partial charge in [0, 0.05) is 38.6 Å². The Labute approximate surface area is 138 Å². The quantitative estimate of drug-likeness (QED) is 0.888. The van der Waals surface area contributed by atoms with Crippen LogP contribution in [0, 0.1) is 0 Å². The number of piperazine rings is 1. The molecule has 1 saturated heterocycles. The number of hydrogen-bond acceptors (Lipinski definition) is 5. The Bertz CT molecular complexity index is 574. The molecule has 0 saturated carbocycles. The van der Waals surface area contributed by atoms with Crippen molar-refractivity contribution in [3.63, 3.8) is 0 Å². The van der Waals surface area contributed by atoms with Crippen LogP contribution in [0.5, 0.6) is 17.2 Å². The van der Waals surface area contributed by atoms with Crippen LogP contribution in [-0.4, -0.2) is 51.2 Å². The predicted molar refractivity (Wildman–Crippen MR) is 81.6 cm³/mol. The third kappa shape index (κ3) is 3.87. The van der Waals surface area contributed by atoms with Crippen molar-refractivity contribution in [2.24, 2.45) is 0 Å². The van der Waals surface area contributed by atoms with E-state index in [1.165, 1.54) is 7.11 Å². The highest BCUT2D eigenvalue weighted by Crippen LogP contribution is 2.44. The van der Waals surface area contributed by atoms with Crippen LogP contribution in [-0.2, 0) is 0 Å². The number of alkyl halides is 3. The predicted octanol–water partition coefficient (Wildman–Crippen LogP) is 2.71. The summed E-state index contributed by atoms with van der Waals surface area (Å²) in [5.41, 5.74) is 0.766. The lowest BCUT2D eigenvalue weighted by molar-refractivity contribution is -0.138. The number of hydrogen-bond donors (Lipinski definition) is 1. The van der Waals surface area contributed by atoms with Crippen molar-refractivity contribution in [2.45, 2.75) is 25.1 Å². The van der Waals surface area contributed by atoms with Crippen molar-refractivity contribution < 1.29 is 27.4 Å². The van der Waals surface area contributed by atoms with Crippen LogP contribution < -0.4 is 19.5 Å². The van der Waals surface area contributed by atoms with Crippen molar-refractivity contribution >= 4 is 0 Å². The third-order valence-electron chi connectivity index (χ3n) is 4.36. The number of halogens is 3. The summed E-state index contributed by atoms with van der Waals surface area (Å²) in [7, 11) is 1.51.